The molecule has 3 aromatic rings. The number of esters is 1. The number of methoxy groups -OCH3 is 1. The van der Waals surface area contributed by atoms with Crippen LogP contribution in [0.4, 0.5) is 5.69 Å². The van der Waals surface area contributed by atoms with E-state index in [1.165, 1.54) is 7.11 Å². The molecule has 0 bridgehead atoms. The molecule has 0 aliphatic rings. The minimum Gasteiger partial charge on any atom is -0.468 e. The van der Waals surface area contributed by atoms with Crippen molar-refractivity contribution in [1.29, 1.82) is 0 Å². The van der Waals surface area contributed by atoms with Gasteiger partial charge in [0.2, 0.25) is 5.91 Å². The summed E-state index contributed by atoms with van der Waals surface area (Å²) in [6, 6.07) is 16.8. The molecule has 0 spiro atoms. The van der Waals surface area contributed by atoms with Crippen molar-refractivity contribution in [3.8, 4) is 5.69 Å². The maximum Gasteiger partial charge on any atom is 0.325 e. The number of halogens is 1. The van der Waals surface area contributed by atoms with E-state index in [1.807, 2.05) is 48.7 Å². The van der Waals surface area contributed by atoms with Crippen molar-refractivity contribution in [3.63, 3.8) is 0 Å². The summed E-state index contributed by atoms with van der Waals surface area (Å²) >= 11 is 3.49. The van der Waals surface area contributed by atoms with Gasteiger partial charge in [-0.05, 0) is 55.8 Å². The Labute approximate surface area is 194 Å². The third kappa shape index (κ3) is 5.64. The number of rotatable bonds is 7. The lowest BCUT2D eigenvalue weighted by atomic mass is 10.1. The monoisotopic (exact) mass is 497 g/mol. The Balaban J connectivity index is 1.67. The molecule has 8 heteroatoms. The van der Waals surface area contributed by atoms with Crippen LogP contribution in [0.5, 0.6) is 0 Å². The van der Waals surface area contributed by atoms with Crippen LogP contribution >= 0.6 is 15.9 Å². The van der Waals surface area contributed by atoms with Gasteiger partial charge in [-0.1, -0.05) is 34.1 Å². The van der Waals surface area contributed by atoms with Gasteiger partial charge >= 0.3 is 5.97 Å². The summed E-state index contributed by atoms with van der Waals surface area (Å²) in [5.41, 5.74) is 4.76. The molecule has 0 aliphatic heterocycles. The fraction of sp³-hybridized carbons (Fsp3) is 0.208. The molecule has 0 unspecified atom stereocenters. The van der Waals surface area contributed by atoms with Crippen molar-refractivity contribution in [2.45, 2.75) is 20.3 Å². The number of amides is 2. The van der Waals surface area contributed by atoms with E-state index >= 15 is 0 Å². The number of ether oxygens (including phenoxy) is 1. The maximum atomic E-state index is 12.9. The fourth-order valence-electron chi connectivity index (χ4n) is 3.40. The van der Waals surface area contributed by atoms with E-state index in [0.717, 1.165) is 27.1 Å². The lowest BCUT2D eigenvalue weighted by Gasteiger charge is -2.11. The number of nitrogens with zero attached hydrogens (tertiary/aromatic N) is 1. The van der Waals surface area contributed by atoms with Crippen molar-refractivity contribution in [3.05, 3.63) is 81.6 Å². The van der Waals surface area contributed by atoms with Crippen molar-refractivity contribution < 1.29 is 19.1 Å². The number of benzene rings is 2. The Morgan fingerprint density at radius 3 is 2.41 bits per heavy atom. The summed E-state index contributed by atoms with van der Waals surface area (Å²) in [6.07, 6.45) is 0.124. The Hall–Kier alpha value is -3.39. The number of aryl methyl sites for hydroxylation is 1. The number of carbonyl (C=O) groups is 3. The summed E-state index contributed by atoms with van der Waals surface area (Å²) in [4.78, 5) is 35.9. The minimum absolute atomic E-state index is 0.124. The van der Waals surface area contributed by atoms with Crippen LogP contribution in [0, 0.1) is 13.8 Å². The quantitative estimate of drug-likeness (QED) is 0.483. The van der Waals surface area contributed by atoms with Gasteiger partial charge in [-0.3, -0.25) is 14.4 Å². The lowest BCUT2D eigenvalue weighted by molar-refractivity contribution is -0.141. The maximum absolute atomic E-state index is 12.9. The number of aromatic nitrogens is 1. The number of hydrogen-bond acceptors (Lipinski definition) is 4. The second-order valence-corrected chi connectivity index (χ2v) is 8.20. The first kappa shape index (κ1) is 23.3. The standard InChI is InChI=1S/C24H24BrN3O4/c1-15-11-21(16(2)28(15)20-6-4-5-18(25)13-20)24(31)27-19-9-7-17(8-10-19)12-22(29)26-14-23(30)32-3/h4-11,13H,12,14H2,1-3H3,(H,26,29)(H,27,31). The van der Waals surface area contributed by atoms with Crippen molar-refractivity contribution in [2.24, 2.45) is 0 Å². The van der Waals surface area contributed by atoms with Crippen LogP contribution < -0.4 is 10.6 Å². The molecule has 166 valence electrons. The zero-order valence-electron chi connectivity index (χ0n) is 18.1. The SMILES string of the molecule is COC(=O)CNC(=O)Cc1ccc(NC(=O)c2cc(C)n(-c3cccc(Br)c3)c2C)cc1. The Kier molecular flexibility index (Phi) is 7.48. The largest absolute Gasteiger partial charge is 0.468 e. The van der Waals surface area contributed by atoms with Crippen molar-refractivity contribution in [1.82, 2.24) is 9.88 Å². The van der Waals surface area contributed by atoms with E-state index in [2.05, 4.69) is 31.3 Å². The van der Waals surface area contributed by atoms with E-state index in [0.29, 0.717) is 11.3 Å². The van der Waals surface area contributed by atoms with E-state index < -0.39 is 5.97 Å². The molecule has 1 aromatic heterocycles. The summed E-state index contributed by atoms with van der Waals surface area (Å²) in [6.45, 7) is 3.71. The lowest BCUT2D eigenvalue weighted by Crippen LogP contribution is -2.31. The Bertz CT molecular complexity index is 1150. The third-order valence-electron chi connectivity index (χ3n) is 4.98. The molecule has 0 fully saturated rings. The van der Waals surface area contributed by atoms with Crippen LogP contribution in [0.2, 0.25) is 0 Å². The second-order valence-electron chi connectivity index (χ2n) is 7.28. The summed E-state index contributed by atoms with van der Waals surface area (Å²) < 4.78 is 7.49. The van der Waals surface area contributed by atoms with Crippen LogP contribution in [0.15, 0.2) is 59.1 Å². The van der Waals surface area contributed by atoms with Gasteiger partial charge in [0.1, 0.15) is 6.54 Å². The molecule has 0 atom stereocenters. The molecular formula is C24H24BrN3O4. The summed E-state index contributed by atoms with van der Waals surface area (Å²) in [5, 5.41) is 5.40. The van der Waals surface area contributed by atoms with Crippen LogP contribution in [0.25, 0.3) is 5.69 Å². The normalized spacial score (nSPS) is 10.5. The molecule has 1 heterocycles. The third-order valence-corrected chi connectivity index (χ3v) is 5.47. The van der Waals surface area contributed by atoms with E-state index in [1.54, 1.807) is 24.3 Å². The average molecular weight is 498 g/mol. The highest BCUT2D eigenvalue weighted by Gasteiger charge is 2.17. The zero-order valence-corrected chi connectivity index (χ0v) is 19.7. The van der Waals surface area contributed by atoms with Gasteiger partial charge < -0.3 is 19.9 Å². The minimum atomic E-state index is -0.504. The first-order valence-corrected chi connectivity index (χ1v) is 10.8. The molecule has 0 aliphatic carbocycles. The smallest absolute Gasteiger partial charge is 0.325 e. The van der Waals surface area contributed by atoms with Crippen LogP contribution in [-0.2, 0) is 20.7 Å². The Morgan fingerprint density at radius 2 is 1.75 bits per heavy atom. The number of nitrogens with one attached hydrogen (secondary N) is 2. The van der Waals surface area contributed by atoms with Gasteiger partial charge in [0, 0.05) is 27.2 Å². The first-order valence-electron chi connectivity index (χ1n) is 9.97. The van der Waals surface area contributed by atoms with Gasteiger partial charge in [-0.2, -0.15) is 0 Å². The van der Waals surface area contributed by atoms with Gasteiger partial charge in [-0.25, -0.2) is 0 Å². The fourth-order valence-corrected chi connectivity index (χ4v) is 3.79. The highest BCUT2D eigenvalue weighted by Crippen LogP contribution is 2.24. The molecule has 7 nitrogen and oxygen atoms in total. The molecule has 0 saturated heterocycles. The van der Waals surface area contributed by atoms with Crippen LogP contribution in [0.3, 0.4) is 0 Å². The Morgan fingerprint density at radius 1 is 1.03 bits per heavy atom. The second kappa shape index (κ2) is 10.3. The van der Waals surface area contributed by atoms with E-state index in [-0.39, 0.29) is 24.8 Å². The van der Waals surface area contributed by atoms with Crippen LogP contribution in [0.1, 0.15) is 27.3 Å². The molecule has 3 rings (SSSR count). The predicted octanol–water partition coefficient (Wildman–Crippen LogP) is 3.94. The van der Waals surface area contributed by atoms with Crippen molar-refractivity contribution in [2.75, 3.05) is 19.0 Å². The van der Waals surface area contributed by atoms with E-state index in [4.69, 9.17) is 0 Å². The first-order chi connectivity index (χ1) is 15.3. The molecule has 32 heavy (non-hydrogen) atoms. The average Bonchev–Trinajstić information content (AvgIpc) is 3.07. The highest BCUT2D eigenvalue weighted by molar-refractivity contribution is 9.10. The molecule has 0 radical (unpaired) electrons. The van der Waals surface area contributed by atoms with Gasteiger partial charge in [0.05, 0.1) is 19.1 Å². The highest BCUT2D eigenvalue weighted by atomic mass is 79.9. The van der Waals surface area contributed by atoms with Gasteiger partial charge in [-0.15, -0.1) is 0 Å². The predicted molar refractivity (Wildman–Crippen MR) is 126 cm³/mol. The van der Waals surface area contributed by atoms with Crippen molar-refractivity contribution >= 4 is 39.4 Å². The summed E-state index contributed by atoms with van der Waals surface area (Å²) in [5.74, 6) is -0.995. The number of carbonyl (C=O) groups excluding carboxylic acids is 3. The molecular weight excluding hydrogens is 474 g/mol. The van der Waals surface area contributed by atoms with Gasteiger partial charge in [0.25, 0.3) is 5.91 Å². The van der Waals surface area contributed by atoms with Gasteiger partial charge in [0.15, 0.2) is 0 Å². The van der Waals surface area contributed by atoms with Crippen LogP contribution in [-0.4, -0.2) is 36.0 Å². The zero-order chi connectivity index (χ0) is 23.3. The topological polar surface area (TPSA) is 89.4 Å². The molecule has 2 aromatic carbocycles. The number of hydrogen-bond donors (Lipinski definition) is 2. The molecule has 0 saturated carbocycles. The number of anilines is 1. The van der Waals surface area contributed by atoms with E-state index in [9.17, 15) is 14.4 Å². The molecule has 2 amide bonds. The summed E-state index contributed by atoms with van der Waals surface area (Å²) in [7, 11) is 1.26. The molecule has 2 N–H and O–H groups in total.